The summed E-state index contributed by atoms with van der Waals surface area (Å²) in [6, 6.07) is 0. The molecule has 1 heteroatoms. The van der Waals surface area contributed by atoms with Crippen LogP contribution in [0.3, 0.4) is 0 Å². The molecule has 0 atom stereocenters. The molecule has 0 saturated carbocycles. The number of ether oxygens (including phenoxy) is 1. The second-order valence-corrected chi connectivity index (χ2v) is 3.63. The Balaban J connectivity index is 2.09. The summed E-state index contributed by atoms with van der Waals surface area (Å²) < 4.78 is 5.43. The second kappa shape index (κ2) is 7.43. The van der Waals surface area contributed by atoms with E-state index in [2.05, 4.69) is 13.0 Å². The van der Waals surface area contributed by atoms with Crippen molar-refractivity contribution < 1.29 is 4.74 Å². The van der Waals surface area contributed by atoms with Crippen molar-refractivity contribution in [2.75, 3.05) is 0 Å². The van der Waals surface area contributed by atoms with Gasteiger partial charge in [0, 0.05) is 6.42 Å². The van der Waals surface area contributed by atoms with Crippen LogP contribution in [-0.4, -0.2) is 0 Å². The van der Waals surface area contributed by atoms with Crippen molar-refractivity contribution in [1.29, 1.82) is 0 Å². The lowest BCUT2D eigenvalue weighted by atomic mass is 10.1. The summed E-state index contributed by atoms with van der Waals surface area (Å²) in [5, 5.41) is 0. The summed E-state index contributed by atoms with van der Waals surface area (Å²) >= 11 is 0. The van der Waals surface area contributed by atoms with E-state index in [4.69, 9.17) is 4.74 Å². The first-order valence-electron chi connectivity index (χ1n) is 5.62. The Labute approximate surface area is 87.2 Å². The molecule has 0 saturated heterocycles. The zero-order valence-corrected chi connectivity index (χ0v) is 9.04. The van der Waals surface area contributed by atoms with E-state index in [1.54, 1.807) is 6.26 Å². The molecule has 1 aliphatic heterocycles. The van der Waals surface area contributed by atoms with Gasteiger partial charge in [-0.15, -0.1) is 0 Å². The largest absolute Gasteiger partial charge is 0.469 e. The highest BCUT2D eigenvalue weighted by Gasteiger charge is 1.97. The first-order chi connectivity index (χ1) is 6.93. The maximum absolute atomic E-state index is 5.43. The quantitative estimate of drug-likeness (QED) is 0.569. The van der Waals surface area contributed by atoms with Crippen molar-refractivity contribution in [2.24, 2.45) is 0 Å². The average molecular weight is 192 g/mol. The topological polar surface area (TPSA) is 9.23 Å². The summed E-state index contributed by atoms with van der Waals surface area (Å²) in [5.41, 5.74) is 0. The van der Waals surface area contributed by atoms with E-state index in [0.717, 1.165) is 12.2 Å². The van der Waals surface area contributed by atoms with E-state index in [-0.39, 0.29) is 0 Å². The SMILES string of the molecule is CCCCCCCC1=CC=CC=CO1. The predicted molar refractivity (Wildman–Crippen MR) is 60.8 cm³/mol. The van der Waals surface area contributed by atoms with Crippen LogP contribution in [0.1, 0.15) is 45.4 Å². The fourth-order valence-electron chi connectivity index (χ4n) is 1.48. The zero-order chi connectivity index (χ0) is 10.1. The van der Waals surface area contributed by atoms with Crippen LogP contribution in [0.2, 0.25) is 0 Å². The Morgan fingerprint density at radius 2 is 1.86 bits per heavy atom. The molecule has 0 spiro atoms. The highest BCUT2D eigenvalue weighted by molar-refractivity contribution is 5.16. The maximum atomic E-state index is 5.43. The molecule has 0 aromatic carbocycles. The first kappa shape index (κ1) is 11.1. The number of rotatable bonds is 6. The Hall–Kier alpha value is -0.980. The molecule has 0 aliphatic carbocycles. The summed E-state index contributed by atoms with van der Waals surface area (Å²) in [6.07, 6.45) is 17.4. The van der Waals surface area contributed by atoms with Gasteiger partial charge >= 0.3 is 0 Å². The zero-order valence-electron chi connectivity index (χ0n) is 9.04. The smallest absolute Gasteiger partial charge is 0.103 e. The molecular weight excluding hydrogens is 172 g/mol. The van der Waals surface area contributed by atoms with E-state index in [1.165, 1.54) is 32.1 Å². The van der Waals surface area contributed by atoms with Gasteiger partial charge in [-0.05, 0) is 18.6 Å². The van der Waals surface area contributed by atoms with Gasteiger partial charge in [0.05, 0.1) is 6.26 Å². The van der Waals surface area contributed by atoms with Crippen LogP contribution >= 0.6 is 0 Å². The van der Waals surface area contributed by atoms with Gasteiger partial charge in [-0.2, -0.15) is 0 Å². The molecule has 0 amide bonds. The fraction of sp³-hybridized carbons (Fsp3) is 0.538. The molecule has 0 unspecified atom stereocenters. The van der Waals surface area contributed by atoms with Gasteiger partial charge in [0.15, 0.2) is 0 Å². The number of hydrogen-bond acceptors (Lipinski definition) is 1. The fourth-order valence-corrected chi connectivity index (χ4v) is 1.48. The molecule has 78 valence electrons. The molecule has 1 heterocycles. The summed E-state index contributed by atoms with van der Waals surface area (Å²) in [6.45, 7) is 2.24. The molecule has 0 fully saturated rings. The minimum atomic E-state index is 1.07. The number of allylic oxidation sites excluding steroid dienone is 5. The van der Waals surface area contributed by atoms with Crippen LogP contribution < -0.4 is 0 Å². The van der Waals surface area contributed by atoms with Crippen LogP contribution in [0.5, 0.6) is 0 Å². The van der Waals surface area contributed by atoms with Gasteiger partial charge < -0.3 is 4.74 Å². The van der Waals surface area contributed by atoms with Crippen molar-refractivity contribution >= 4 is 0 Å². The lowest BCUT2D eigenvalue weighted by molar-refractivity contribution is 0.329. The normalized spacial score (nSPS) is 14.8. The predicted octanol–water partition coefficient (Wildman–Crippen LogP) is 4.33. The average Bonchev–Trinajstić information content (AvgIpc) is 2.46. The van der Waals surface area contributed by atoms with Crippen molar-refractivity contribution in [1.82, 2.24) is 0 Å². The second-order valence-electron chi connectivity index (χ2n) is 3.63. The van der Waals surface area contributed by atoms with Crippen molar-refractivity contribution in [3.8, 4) is 0 Å². The van der Waals surface area contributed by atoms with Crippen LogP contribution in [-0.2, 0) is 4.74 Å². The van der Waals surface area contributed by atoms with Gasteiger partial charge in [0.25, 0.3) is 0 Å². The number of hydrogen-bond donors (Lipinski definition) is 0. The van der Waals surface area contributed by atoms with E-state index in [1.807, 2.05) is 18.2 Å². The molecule has 0 bridgehead atoms. The van der Waals surface area contributed by atoms with Gasteiger partial charge in [0.1, 0.15) is 5.76 Å². The Morgan fingerprint density at radius 1 is 1.00 bits per heavy atom. The third-order valence-electron chi connectivity index (χ3n) is 2.33. The minimum Gasteiger partial charge on any atom is -0.469 e. The van der Waals surface area contributed by atoms with Crippen molar-refractivity contribution in [3.63, 3.8) is 0 Å². The molecule has 0 N–H and O–H groups in total. The molecule has 0 aromatic heterocycles. The molecule has 0 aromatic rings. The minimum absolute atomic E-state index is 1.07. The Bertz CT molecular complexity index is 223. The standard InChI is InChI=1S/C13H20O/c1-2-3-4-5-7-10-13-11-8-6-9-12-14-13/h6,8-9,11-12H,2-5,7,10H2,1H3. The van der Waals surface area contributed by atoms with Crippen molar-refractivity contribution in [3.05, 3.63) is 36.3 Å². The van der Waals surface area contributed by atoms with E-state index in [0.29, 0.717) is 0 Å². The first-order valence-corrected chi connectivity index (χ1v) is 5.62. The van der Waals surface area contributed by atoms with E-state index in [9.17, 15) is 0 Å². The Morgan fingerprint density at radius 3 is 2.71 bits per heavy atom. The monoisotopic (exact) mass is 192 g/mol. The molecule has 1 aliphatic rings. The molecule has 14 heavy (non-hydrogen) atoms. The third-order valence-corrected chi connectivity index (χ3v) is 2.33. The van der Waals surface area contributed by atoms with Gasteiger partial charge in [-0.25, -0.2) is 0 Å². The molecular formula is C13H20O. The number of unbranched alkanes of at least 4 members (excludes halogenated alkanes) is 4. The van der Waals surface area contributed by atoms with Crippen LogP contribution in [0.15, 0.2) is 36.3 Å². The van der Waals surface area contributed by atoms with Crippen molar-refractivity contribution in [2.45, 2.75) is 45.4 Å². The highest BCUT2D eigenvalue weighted by Crippen LogP contribution is 2.13. The van der Waals surface area contributed by atoms with Crippen LogP contribution in [0.25, 0.3) is 0 Å². The summed E-state index contributed by atoms with van der Waals surface area (Å²) in [4.78, 5) is 0. The molecule has 1 nitrogen and oxygen atoms in total. The van der Waals surface area contributed by atoms with E-state index >= 15 is 0 Å². The van der Waals surface area contributed by atoms with Gasteiger partial charge in [-0.1, -0.05) is 44.8 Å². The summed E-state index contributed by atoms with van der Waals surface area (Å²) in [7, 11) is 0. The summed E-state index contributed by atoms with van der Waals surface area (Å²) in [5.74, 6) is 1.09. The van der Waals surface area contributed by atoms with Crippen LogP contribution in [0.4, 0.5) is 0 Å². The van der Waals surface area contributed by atoms with E-state index < -0.39 is 0 Å². The molecule has 0 radical (unpaired) electrons. The van der Waals surface area contributed by atoms with Gasteiger partial charge in [0.2, 0.25) is 0 Å². The third kappa shape index (κ3) is 4.90. The maximum Gasteiger partial charge on any atom is 0.103 e. The highest BCUT2D eigenvalue weighted by atomic mass is 16.5. The van der Waals surface area contributed by atoms with Crippen LogP contribution in [0, 0.1) is 0 Å². The Kier molecular flexibility index (Phi) is 5.89. The van der Waals surface area contributed by atoms with Gasteiger partial charge in [-0.3, -0.25) is 0 Å². The lowest BCUT2D eigenvalue weighted by Gasteiger charge is -2.04. The lowest BCUT2D eigenvalue weighted by Crippen LogP contribution is -1.86. The molecule has 1 rings (SSSR count).